The maximum absolute atomic E-state index is 11.1. The van der Waals surface area contributed by atoms with Crippen LogP contribution >= 0.6 is 0 Å². The lowest BCUT2D eigenvalue weighted by Crippen LogP contribution is -2.05. The van der Waals surface area contributed by atoms with Gasteiger partial charge in [0.1, 0.15) is 0 Å². The average Bonchev–Trinajstić information content (AvgIpc) is 3.09. The fourth-order valence-electron chi connectivity index (χ4n) is 2.41. The Morgan fingerprint density at radius 1 is 1.32 bits per heavy atom. The van der Waals surface area contributed by atoms with Crippen LogP contribution in [0.2, 0.25) is 0 Å². The summed E-state index contributed by atoms with van der Waals surface area (Å²) in [5, 5.41) is 13.4. The second-order valence-corrected chi connectivity index (χ2v) is 5.24. The summed E-state index contributed by atoms with van der Waals surface area (Å²) in [6.07, 6.45) is 2.24. The molecule has 0 spiro atoms. The van der Waals surface area contributed by atoms with Crippen molar-refractivity contribution in [3.63, 3.8) is 0 Å². The maximum atomic E-state index is 11.1. The molecule has 0 bridgehead atoms. The van der Waals surface area contributed by atoms with Crippen LogP contribution in [0.4, 0.5) is 0 Å². The molecule has 1 aliphatic carbocycles. The highest BCUT2D eigenvalue weighted by atomic mass is 16.4. The first kappa shape index (κ1) is 12.0. The number of hydrogen-bond donors (Lipinski definition) is 1. The van der Waals surface area contributed by atoms with Crippen LogP contribution in [0.3, 0.4) is 0 Å². The summed E-state index contributed by atoms with van der Waals surface area (Å²) in [6, 6.07) is 7.84. The van der Waals surface area contributed by atoms with Gasteiger partial charge in [-0.2, -0.15) is 5.10 Å². The van der Waals surface area contributed by atoms with E-state index in [1.54, 1.807) is 10.7 Å². The third kappa shape index (κ3) is 2.14. The van der Waals surface area contributed by atoms with Crippen LogP contribution in [0.25, 0.3) is 5.69 Å². The largest absolute Gasteiger partial charge is 0.476 e. The molecule has 3 rings (SSSR count). The number of nitrogens with zero attached hydrogens (tertiary/aromatic N) is 2. The van der Waals surface area contributed by atoms with Crippen molar-refractivity contribution in [1.29, 1.82) is 0 Å². The van der Waals surface area contributed by atoms with E-state index in [-0.39, 0.29) is 5.69 Å². The molecular weight excluding hydrogens is 240 g/mol. The van der Waals surface area contributed by atoms with Gasteiger partial charge >= 0.3 is 5.97 Å². The Kier molecular flexibility index (Phi) is 2.66. The number of carbonyl (C=O) groups is 1. The Balaban J connectivity index is 2.15. The van der Waals surface area contributed by atoms with Crippen LogP contribution in [0.5, 0.6) is 0 Å². The van der Waals surface area contributed by atoms with E-state index < -0.39 is 5.97 Å². The predicted octanol–water partition coefficient (Wildman–Crippen LogP) is 3.06. The highest BCUT2D eigenvalue weighted by Gasteiger charge is 2.30. The fourth-order valence-corrected chi connectivity index (χ4v) is 2.41. The summed E-state index contributed by atoms with van der Waals surface area (Å²) in [7, 11) is 0. The second kappa shape index (κ2) is 4.23. The standard InChI is InChI=1S/C15H16N2O2/c1-9-3-6-13(10(2)7-9)17-14(11-4-5-11)8-12(16-17)15(18)19/h3,6-8,11H,4-5H2,1-2H3,(H,18,19). The van der Waals surface area contributed by atoms with Gasteiger partial charge in [-0.3, -0.25) is 0 Å². The van der Waals surface area contributed by atoms with Crippen molar-refractivity contribution >= 4 is 5.97 Å². The molecule has 1 heterocycles. The quantitative estimate of drug-likeness (QED) is 0.918. The van der Waals surface area contributed by atoms with Crippen LogP contribution in [-0.4, -0.2) is 20.9 Å². The van der Waals surface area contributed by atoms with Gasteiger partial charge in [-0.05, 0) is 44.4 Å². The van der Waals surface area contributed by atoms with E-state index in [1.807, 2.05) is 26.0 Å². The number of carboxylic acids is 1. The number of aryl methyl sites for hydroxylation is 2. The average molecular weight is 256 g/mol. The summed E-state index contributed by atoms with van der Waals surface area (Å²) in [5.74, 6) is -0.508. The van der Waals surface area contributed by atoms with Gasteiger partial charge < -0.3 is 5.11 Å². The van der Waals surface area contributed by atoms with Crippen LogP contribution in [0.15, 0.2) is 24.3 Å². The molecule has 0 saturated heterocycles. The maximum Gasteiger partial charge on any atom is 0.356 e. The molecule has 98 valence electrons. The van der Waals surface area contributed by atoms with Gasteiger partial charge in [0.25, 0.3) is 0 Å². The number of carboxylic acid groups (broad SMARTS) is 1. The summed E-state index contributed by atoms with van der Waals surface area (Å²) in [4.78, 5) is 11.1. The molecule has 0 atom stereocenters. The van der Waals surface area contributed by atoms with Gasteiger partial charge in [0, 0.05) is 11.6 Å². The lowest BCUT2D eigenvalue weighted by Gasteiger charge is -2.10. The minimum absolute atomic E-state index is 0.127. The second-order valence-electron chi connectivity index (χ2n) is 5.24. The number of benzene rings is 1. The van der Waals surface area contributed by atoms with Crippen LogP contribution in [0, 0.1) is 13.8 Å². The minimum atomic E-state index is -0.967. The third-order valence-electron chi connectivity index (χ3n) is 3.53. The number of aromatic nitrogens is 2. The topological polar surface area (TPSA) is 55.1 Å². The van der Waals surface area contributed by atoms with E-state index in [4.69, 9.17) is 5.11 Å². The number of hydrogen-bond acceptors (Lipinski definition) is 2. The molecule has 1 fully saturated rings. The van der Waals surface area contributed by atoms with Gasteiger partial charge in [-0.1, -0.05) is 17.7 Å². The number of rotatable bonds is 3. The summed E-state index contributed by atoms with van der Waals surface area (Å²) in [6.45, 7) is 4.07. The lowest BCUT2D eigenvalue weighted by molar-refractivity contribution is 0.0690. The van der Waals surface area contributed by atoms with Crippen molar-refractivity contribution in [3.05, 3.63) is 46.8 Å². The molecule has 2 aromatic rings. The van der Waals surface area contributed by atoms with Crippen molar-refractivity contribution in [2.45, 2.75) is 32.6 Å². The Hall–Kier alpha value is -2.10. The smallest absolute Gasteiger partial charge is 0.356 e. The predicted molar refractivity (Wildman–Crippen MR) is 72.0 cm³/mol. The molecule has 1 aliphatic rings. The number of aromatic carboxylic acids is 1. The molecular formula is C15H16N2O2. The zero-order valence-corrected chi connectivity index (χ0v) is 11.1. The molecule has 4 heteroatoms. The van der Waals surface area contributed by atoms with Gasteiger partial charge in [-0.25, -0.2) is 9.48 Å². The van der Waals surface area contributed by atoms with Crippen molar-refractivity contribution in [3.8, 4) is 5.69 Å². The third-order valence-corrected chi connectivity index (χ3v) is 3.53. The van der Waals surface area contributed by atoms with E-state index in [1.165, 1.54) is 5.56 Å². The van der Waals surface area contributed by atoms with Gasteiger partial charge in [0.05, 0.1) is 5.69 Å². The van der Waals surface area contributed by atoms with E-state index in [0.29, 0.717) is 5.92 Å². The molecule has 4 nitrogen and oxygen atoms in total. The van der Waals surface area contributed by atoms with Crippen molar-refractivity contribution in [2.24, 2.45) is 0 Å². The SMILES string of the molecule is Cc1ccc(-n2nc(C(=O)O)cc2C2CC2)c(C)c1. The Morgan fingerprint density at radius 2 is 2.05 bits per heavy atom. The van der Waals surface area contributed by atoms with Crippen molar-refractivity contribution in [1.82, 2.24) is 9.78 Å². The van der Waals surface area contributed by atoms with Crippen LogP contribution in [0.1, 0.15) is 46.1 Å². The Bertz CT molecular complexity index is 654. The molecule has 0 aliphatic heterocycles. The zero-order chi connectivity index (χ0) is 13.6. The summed E-state index contributed by atoms with van der Waals surface area (Å²) >= 11 is 0. The van der Waals surface area contributed by atoms with E-state index in [2.05, 4.69) is 11.2 Å². The fraction of sp³-hybridized carbons (Fsp3) is 0.333. The molecule has 1 N–H and O–H groups in total. The molecule has 0 unspecified atom stereocenters. The summed E-state index contributed by atoms with van der Waals surface area (Å²) in [5.41, 5.74) is 4.42. The van der Waals surface area contributed by atoms with E-state index >= 15 is 0 Å². The van der Waals surface area contributed by atoms with Crippen LogP contribution < -0.4 is 0 Å². The van der Waals surface area contributed by atoms with Gasteiger partial charge in [-0.15, -0.1) is 0 Å². The molecule has 0 radical (unpaired) electrons. The highest BCUT2D eigenvalue weighted by Crippen LogP contribution is 2.41. The first-order chi connectivity index (χ1) is 9.06. The van der Waals surface area contributed by atoms with Gasteiger partial charge in [0.2, 0.25) is 0 Å². The molecule has 0 amide bonds. The monoisotopic (exact) mass is 256 g/mol. The van der Waals surface area contributed by atoms with Crippen LogP contribution in [-0.2, 0) is 0 Å². The molecule has 1 saturated carbocycles. The van der Waals surface area contributed by atoms with Gasteiger partial charge in [0.15, 0.2) is 5.69 Å². The van der Waals surface area contributed by atoms with Crippen molar-refractivity contribution in [2.75, 3.05) is 0 Å². The Labute approximate surface area is 111 Å². The normalized spacial score (nSPS) is 14.6. The zero-order valence-electron chi connectivity index (χ0n) is 11.1. The minimum Gasteiger partial charge on any atom is -0.476 e. The first-order valence-electron chi connectivity index (χ1n) is 6.47. The molecule has 19 heavy (non-hydrogen) atoms. The summed E-state index contributed by atoms with van der Waals surface area (Å²) < 4.78 is 1.80. The highest BCUT2D eigenvalue weighted by molar-refractivity contribution is 5.85. The van der Waals surface area contributed by atoms with E-state index in [0.717, 1.165) is 29.8 Å². The molecule has 1 aromatic carbocycles. The van der Waals surface area contributed by atoms with Crippen molar-refractivity contribution < 1.29 is 9.90 Å². The molecule has 1 aromatic heterocycles. The first-order valence-corrected chi connectivity index (χ1v) is 6.47. The lowest BCUT2D eigenvalue weighted by atomic mass is 10.1. The Morgan fingerprint density at radius 3 is 2.63 bits per heavy atom. The van der Waals surface area contributed by atoms with E-state index in [9.17, 15) is 4.79 Å².